The van der Waals surface area contributed by atoms with Crippen molar-refractivity contribution < 1.29 is 9.21 Å². The number of thioether (sulfide) groups is 1. The van der Waals surface area contributed by atoms with Crippen LogP contribution >= 0.6 is 24.0 Å². The molecule has 0 bridgehead atoms. The predicted octanol–water partition coefficient (Wildman–Crippen LogP) is 7.42. The van der Waals surface area contributed by atoms with Crippen LogP contribution < -0.4 is 16.0 Å². The molecule has 4 aromatic carbocycles. The Kier molecular flexibility index (Phi) is 7.49. The third-order valence-corrected chi connectivity index (χ3v) is 6.80. The highest BCUT2D eigenvalue weighted by Crippen LogP contribution is 2.28. The van der Waals surface area contributed by atoms with E-state index in [2.05, 4.69) is 20.9 Å². The van der Waals surface area contributed by atoms with E-state index >= 15 is 0 Å². The topological polar surface area (TPSA) is 79.2 Å². The molecule has 1 atom stereocenters. The lowest BCUT2D eigenvalue weighted by Gasteiger charge is -2.14. The van der Waals surface area contributed by atoms with E-state index in [-0.39, 0.29) is 11.2 Å². The Morgan fingerprint density at radius 3 is 2.27 bits per heavy atom. The Balaban J connectivity index is 1.17. The quantitative estimate of drug-likeness (QED) is 0.151. The number of benzene rings is 4. The number of hydrogen-bond donors (Lipinski definition) is 3. The van der Waals surface area contributed by atoms with E-state index in [1.165, 1.54) is 11.8 Å². The first-order chi connectivity index (χ1) is 18.0. The maximum Gasteiger partial charge on any atom is 0.237 e. The molecule has 8 heteroatoms. The van der Waals surface area contributed by atoms with Gasteiger partial charge < -0.3 is 20.4 Å². The molecule has 1 heterocycles. The summed E-state index contributed by atoms with van der Waals surface area (Å²) in [7, 11) is 0. The van der Waals surface area contributed by atoms with Crippen molar-refractivity contribution in [2.24, 2.45) is 0 Å². The molecule has 5 aromatic rings. The molecule has 0 aliphatic heterocycles. The number of amides is 1. The zero-order chi connectivity index (χ0) is 25.6. The number of rotatable bonds is 7. The fourth-order valence-corrected chi connectivity index (χ4v) is 4.82. The number of hydrogen-bond acceptors (Lipinski definition) is 5. The third-order valence-electron chi connectivity index (χ3n) is 5.50. The van der Waals surface area contributed by atoms with E-state index in [1.54, 1.807) is 0 Å². The number of anilines is 3. The second-order valence-corrected chi connectivity index (χ2v) is 10.1. The van der Waals surface area contributed by atoms with E-state index in [0.29, 0.717) is 16.7 Å². The zero-order valence-corrected chi connectivity index (χ0v) is 21.6. The summed E-state index contributed by atoms with van der Waals surface area (Å²) < 4.78 is 5.82. The highest BCUT2D eigenvalue weighted by atomic mass is 32.2. The number of thiocarbonyl (C=S) groups is 1. The molecule has 0 fully saturated rings. The van der Waals surface area contributed by atoms with Gasteiger partial charge in [0.25, 0.3) is 0 Å². The van der Waals surface area contributed by atoms with Crippen LogP contribution in [0.3, 0.4) is 0 Å². The standard InChI is InChI=1S/C29H24N4O2S2/c1-19(37-24-11-7-10-23(18-24)32-29(36)31-21-8-3-2-4-9-21)27(34)30-22-16-14-20(15-17-22)28-33-25-12-5-6-13-26(25)35-28/h2-19H,1H3,(H,30,34)(H2,31,32,36). The second kappa shape index (κ2) is 11.3. The molecule has 0 aliphatic rings. The Labute approximate surface area is 224 Å². The van der Waals surface area contributed by atoms with Gasteiger partial charge in [-0.3, -0.25) is 4.79 Å². The van der Waals surface area contributed by atoms with E-state index in [0.717, 1.165) is 32.9 Å². The summed E-state index contributed by atoms with van der Waals surface area (Å²) in [5.74, 6) is 0.467. The lowest BCUT2D eigenvalue weighted by atomic mass is 10.2. The Morgan fingerprint density at radius 2 is 1.49 bits per heavy atom. The minimum atomic E-state index is -0.304. The van der Waals surface area contributed by atoms with Gasteiger partial charge in [-0.1, -0.05) is 36.4 Å². The highest BCUT2D eigenvalue weighted by molar-refractivity contribution is 8.00. The van der Waals surface area contributed by atoms with Gasteiger partial charge >= 0.3 is 0 Å². The number of carbonyl (C=O) groups excluding carboxylic acids is 1. The van der Waals surface area contributed by atoms with Crippen LogP contribution in [-0.2, 0) is 4.79 Å². The van der Waals surface area contributed by atoms with Crippen molar-refractivity contribution in [3.05, 3.63) is 103 Å². The first-order valence-electron chi connectivity index (χ1n) is 11.7. The van der Waals surface area contributed by atoms with E-state index in [9.17, 15) is 4.79 Å². The molecule has 0 aliphatic carbocycles. The Morgan fingerprint density at radius 1 is 0.811 bits per heavy atom. The van der Waals surface area contributed by atoms with E-state index in [4.69, 9.17) is 16.6 Å². The fourth-order valence-electron chi connectivity index (χ4n) is 3.66. The van der Waals surface area contributed by atoms with Gasteiger partial charge in [0.2, 0.25) is 11.8 Å². The molecule has 0 spiro atoms. The van der Waals surface area contributed by atoms with Gasteiger partial charge in [-0.15, -0.1) is 11.8 Å². The van der Waals surface area contributed by atoms with Crippen molar-refractivity contribution in [1.29, 1.82) is 0 Å². The van der Waals surface area contributed by atoms with Gasteiger partial charge in [-0.25, -0.2) is 4.98 Å². The number of aromatic nitrogens is 1. The van der Waals surface area contributed by atoms with Crippen molar-refractivity contribution >= 4 is 63.2 Å². The smallest absolute Gasteiger partial charge is 0.237 e. The summed E-state index contributed by atoms with van der Waals surface area (Å²) in [4.78, 5) is 18.3. The third kappa shape index (κ3) is 6.35. The average molecular weight is 525 g/mol. The van der Waals surface area contributed by atoms with Crippen molar-refractivity contribution in [3.8, 4) is 11.5 Å². The summed E-state index contributed by atoms with van der Waals surface area (Å²) in [6.07, 6.45) is 0. The first-order valence-corrected chi connectivity index (χ1v) is 13.0. The van der Waals surface area contributed by atoms with Gasteiger partial charge in [0.15, 0.2) is 10.7 Å². The second-order valence-electron chi connectivity index (χ2n) is 8.29. The van der Waals surface area contributed by atoms with Gasteiger partial charge in [-0.2, -0.15) is 0 Å². The molecule has 1 aromatic heterocycles. The van der Waals surface area contributed by atoms with Crippen LogP contribution in [0.25, 0.3) is 22.6 Å². The van der Waals surface area contributed by atoms with Crippen LogP contribution in [0.4, 0.5) is 17.1 Å². The average Bonchev–Trinajstić information content (AvgIpc) is 3.34. The largest absolute Gasteiger partial charge is 0.436 e. The number of para-hydroxylation sites is 3. The van der Waals surface area contributed by atoms with Gasteiger partial charge in [0, 0.05) is 27.5 Å². The van der Waals surface area contributed by atoms with Crippen molar-refractivity contribution in [2.45, 2.75) is 17.1 Å². The number of nitrogens with zero attached hydrogens (tertiary/aromatic N) is 1. The molecule has 0 saturated heterocycles. The summed E-state index contributed by atoms with van der Waals surface area (Å²) in [6, 6.07) is 32.7. The number of carbonyl (C=O) groups is 1. The highest BCUT2D eigenvalue weighted by Gasteiger charge is 2.15. The minimum absolute atomic E-state index is 0.0840. The Hall–Kier alpha value is -4.14. The lowest BCUT2D eigenvalue weighted by molar-refractivity contribution is -0.115. The predicted molar refractivity (Wildman–Crippen MR) is 156 cm³/mol. The molecule has 6 nitrogen and oxygen atoms in total. The molecular weight excluding hydrogens is 500 g/mol. The van der Waals surface area contributed by atoms with Crippen LogP contribution in [-0.4, -0.2) is 21.3 Å². The Bertz CT molecular complexity index is 1500. The van der Waals surface area contributed by atoms with Gasteiger partial charge in [-0.05, 0) is 85.9 Å². The summed E-state index contributed by atoms with van der Waals surface area (Å²) in [5.41, 5.74) is 4.88. The van der Waals surface area contributed by atoms with Crippen LogP contribution in [0.15, 0.2) is 112 Å². The molecule has 3 N–H and O–H groups in total. The monoisotopic (exact) mass is 524 g/mol. The first kappa shape index (κ1) is 24.5. The molecule has 1 unspecified atom stereocenters. The molecule has 184 valence electrons. The molecule has 1 amide bonds. The van der Waals surface area contributed by atoms with Crippen molar-refractivity contribution in [1.82, 2.24) is 4.98 Å². The van der Waals surface area contributed by atoms with Gasteiger partial charge in [0.05, 0.1) is 5.25 Å². The lowest BCUT2D eigenvalue weighted by Crippen LogP contribution is -2.22. The summed E-state index contributed by atoms with van der Waals surface area (Å²) in [6.45, 7) is 1.88. The van der Waals surface area contributed by atoms with E-state index in [1.807, 2.05) is 110 Å². The fraction of sp³-hybridized carbons (Fsp3) is 0.0690. The SMILES string of the molecule is CC(Sc1cccc(NC(=S)Nc2ccccc2)c1)C(=O)Nc1ccc(-c2nc3ccccc3o2)cc1. The minimum Gasteiger partial charge on any atom is -0.436 e. The number of nitrogens with one attached hydrogen (secondary N) is 3. The molecule has 37 heavy (non-hydrogen) atoms. The summed E-state index contributed by atoms with van der Waals surface area (Å²) in [5, 5.41) is 9.53. The van der Waals surface area contributed by atoms with Crippen LogP contribution in [0.1, 0.15) is 6.92 Å². The number of oxazole rings is 1. The van der Waals surface area contributed by atoms with Crippen molar-refractivity contribution in [2.75, 3.05) is 16.0 Å². The van der Waals surface area contributed by atoms with Crippen LogP contribution in [0.2, 0.25) is 0 Å². The maximum absolute atomic E-state index is 12.8. The normalized spacial score (nSPS) is 11.6. The van der Waals surface area contributed by atoms with Crippen LogP contribution in [0, 0.1) is 0 Å². The van der Waals surface area contributed by atoms with Gasteiger partial charge in [0.1, 0.15) is 5.52 Å². The molecule has 0 saturated carbocycles. The zero-order valence-electron chi connectivity index (χ0n) is 20.0. The number of fused-ring (bicyclic) bond motifs is 1. The molecule has 5 rings (SSSR count). The molecule has 0 radical (unpaired) electrons. The van der Waals surface area contributed by atoms with Crippen molar-refractivity contribution in [3.63, 3.8) is 0 Å². The van der Waals surface area contributed by atoms with Crippen LogP contribution in [0.5, 0.6) is 0 Å². The molecular formula is C29H24N4O2S2. The van der Waals surface area contributed by atoms with E-state index < -0.39 is 0 Å². The maximum atomic E-state index is 12.8. The summed E-state index contributed by atoms with van der Waals surface area (Å²) >= 11 is 6.90.